The number of hydrogen-bond acceptors (Lipinski definition) is 3. The van der Waals surface area contributed by atoms with E-state index in [0.717, 1.165) is 36.1 Å². The van der Waals surface area contributed by atoms with Gasteiger partial charge in [0.25, 0.3) is 5.91 Å². The lowest BCUT2D eigenvalue weighted by atomic mass is 10.0. The van der Waals surface area contributed by atoms with E-state index in [1.54, 1.807) is 24.8 Å². The fourth-order valence-corrected chi connectivity index (χ4v) is 3.65. The van der Waals surface area contributed by atoms with Crippen molar-refractivity contribution in [3.8, 4) is 0 Å². The van der Waals surface area contributed by atoms with Crippen molar-refractivity contribution in [3.63, 3.8) is 0 Å². The molecule has 1 N–H and O–H groups in total. The molecule has 2 saturated heterocycles. The molecule has 140 valence electrons. The third-order valence-corrected chi connectivity index (χ3v) is 5.04. The SMILES string of the molecule is CC1(C)NC(=O)N(CC(=O)N2CCCCCC2c2cccc(F)c2)C1=O. The van der Waals surface area contributed by atoms with E-state index in [4.69, 9.17) is 0 Å². The number of likely N-dealkylation sites (tertiary alicyclic amines) is 1. The Hall–Kier alpha value is -2.44. The number of imide groups is 1. The van der Waals surface area contributed by atoms with E-state index in [1.807, 2.05) is 6.07 Å². The van der Waals surface area contributed by atoms with Gasteiger partial charge in [0.1, 0.15) is 17.9 Å². The molecule has 0 saturated carbocycles. The minimum Gasteiger partial charge on any atom is -0.334 e. The van der Waals surface area contributed by atoms with Crippen LogP contribution in [-0.2, 0) is 9.59 Å². The largest absolute Gasteiger partial charge is 0.334 e. The van der Waals surface area contributed by atoms with Crippen LogP contribution in [0.4, 0.5) is 9.18 Å². The third kappa shape index (κ3) is 3.57. The van der Waals surface area contributed by atoms with Gasteiger partial charge < -0.3 is 10.2 Å². The Morgan fingerprint density at radius 3 is 2.69 bits per heavy atom. The van der Waals surface area contributed by atoms with E-state index in [-0.39, 0.29) is 24.3 Å². The van der Waals surface area contributed by atoms with Crippen LogP contribution < -0.4 is 5.32 Å². The molecule has 1 aromatic rings. The Balaban J connectivity index is 1.81. The average molecular weight is 361 g/mol. The van der Waals surface area contributed by atoms with Gasteiger partial charge in [-0.1, -0.05) is 25.0 Å². The number of benzene rings is 1. The van der Waals surface area contributed by atoms with E-state index < -0.39 is 17.5 Å². The lowest BCUT2D eigenvalue weighted by molar-refractivity contribution is -0.140. The molecule has 7 heteroatoms. The Morgan fingerprint density at radius 1 is 1.27 bits per heavy atom. The molecular formula is C19H24FN3O3. The molecule has 2 aliphatic heterocycles. The van der Waals surface area contributed by atoms with E-state index in [9.17, 15) is 18.8 Å². The molecule has 0 spiro atoms. The molecule has 1 atom stereocenters. The van der Waals surface area contributed by atoms with Gasteiger partial charge in [0.05, 0.1) is 6.04 Å². The number of carbonyl (C=O) groups is 3. The second-order valence-corrected chi connectivity index (χ2v) is 7.45. The van der Waals surface area contributed by atoms with Crippen LogP contribution in [0.1, 0.15) is 51.1 Å². The van der Waals surface area contributed by atoms with Crippen molar-refractivity contribution < 1.29 is 18.8 Å². The van der Waals surface area contributed by atoms with Gasteiger partial charge in [0.15, 0.2) is 0 Å². The molecule has 0 aromatic heterocycles. The van der Waals surface area contributed by atoms with Crippen LogP contribution in [0, 0.1) is 5.82 Å². The zero-order valence-electron chi connectivity index (χ0n) is 15.1. The van der Waals surface area contributed by atoms with Crippen LogP contribution in [0.25, 0.3) is 0 Å². The fraction of sp³-hybridized carbons (Fsp3) is 0.526. The molecule has 2 heterocycles. The molecule has 1 unspecified atom stereocenters. The molecule has 2 aliphatic rings. The first-order chi connectivity index (χ1) is 12.3. The summed E-state index contributed by atoms with van der Waals surface area (Å²) in [5.74, 6) is -1.04. The number of hydrogen-bond donors (Lipinski definition) is 1. The van der Waals surface area contributed by atoms with Crippen molar-refractivity contribution in [2.75, 3.05) is 13.1 Å². The summed E-state index contributed by atoms with van der Waals surface area (Å²) in [6, 6.07) is 5.49. The summed E-state index contributed by atoms with van der Waals surface area (Å²) in [7, 11) is 0. The lowest BCUT2D eigenvalue weighted by Crippen LogP contribution is -2.45. The van der Waals surface area contributed by atoms with Gasteiger partial charge in [0.2, 0.25) is 5.91 Å². The van der Waals surface area contributed by atoms with Crippen LogP contribution in [0.15, 0.2) is 24.3 Å². The minimum atomic E-state index is -1.00. The maximum absolute atomic E-state index is 13.7. The van der Waals surface area contributed by atoms with Crippen molar-refractivity contribution >= 4 is 17.8 Å². The predicted molar refractivity (Wildman–Crippen MR) is 93.6 cm³/mol. The monoisotopic (exact) mass is 361 g/mol. The summed E-state index contributed by atoms with van der Waals surface area (Å²) in [5.41, 5.74) is -0.254. The normalized spacial score (nSPS) is 23.0. The highest BCUT2D eigenvalue weighted by atomic mass is 19.1. The smallest absolute Gasteiger partial charge is 0.325 e. The highest BCUT2D eigenvalue weighted by Crippen LogP contribution is 2.31. The molecule has 0 radical (unpaired) electrons. The molecule has 1 aromatic carbocycles. The van der Waals surface area contributed by atoms with Gasteiger partial charge in [-0.2, -0.15) is 0 Å². The topological polar surface area (TPSA) is 69.7 Å². The van der Waals surface area contributed by atoms with Crippen molar-refractivity contribution in [1.29, 1.82) is 0 Å². The van der Waals surface area contributed by atoms with Gasteiger partial charge in [0, 0.05) is 6.54 Å². The molecule has 2 fully saturated rings. The second kappa shape index (κ2) is 7.05. The quantitative estimate of drug-likeness (QED) is 0.842. The Labute approximate surface area is 152 Å². The van der Waals surface area contributed by atoms with Crippen LogP contribution in [-0.4, -0.2) is 46.3 Å². The van der Waals surface area contributed by atoms with E-state index >= 15 is 0 Å². The number of amides is 4. The zero-order chi connectivity index (χ0) is 18.9. The molecule has 3 rings (SSSR count). The first-order valence-corrected chi connectivity index (χ1v) is 8.98. The molecule has 4 amide bonds. The van der Waals surface area contributed by atoms with E-state index in [2.05, 4.69) is 5.32 Å². The standard InChI is InChI=1S/C19H24FN3O3/c1-19(2)17(25)23(18(26)21-19)12-16(24)22-10-5-3-4-9-15(22)13-7-6-8-14(20)11-13/h6-8,11,15H,3-5,9-10,12H2,1-2H3,(H,21,26). The number of carbonyl (C=O) groups excluding carboxylic acids is 3. The summed E-state index contributed by atoms with van der Waals surface area (Å²) in [6.07, 6.45) is 3.52. The highest BCUT2D eigenvalue weighted by Gasteiger charge is 2.45. The van der Waals surface area contributed by atoms with Gasteiger partial charge in [-0.25, -0.2) is 9.18 Å². The van der Waals surface area contributed by atoms with Crippen molar-refractivity contribution in [1.82, 2.24) is 15.1 Å². The Morgan fingerprint density at radius 2 is 2.04 bits per heavy atom. The first-order valence-electron chi connectivity index (χ1n) is 8.98. The van der Waals surface area contributed by atoms with E-state index in [0.29, 0.717) is 6.54 Å². The summed E-state index contributed by atoms with van der Waals surface area (Å²) in [6.45, 7) is 3.46. The van der Waals surface area contributed by atoms with Crippen molar-refractivity contribution in [2.45, 2.75) is 51.1 Å². The zero-order valence-corrected chi connectivity index (χ0v) is 15.1. The highest BCUT2D eigenvalue weighted by molar-refractivity contribution is 6.08. The molecule has 0 bridgehead atoms. The molecule has 6 nitrogen and oxygen atoms in total. The fourth-order valence-electron chi connectivity index (χ4n) is 3.65. The van der Waals surface area contributed by atoms with Crippen LogP contribution in [0.2, 0.25) is 0 Å². The summed E-state index contributed by atoms with van der Waals surface area (Å²) >= 11 is 0. The number of nitrogens with zero attached hydrogens (tertiary/aromatic N) is 2. The predicted octanol–water partition coefficient (Wildman–Crippen LogP) is 2.60. The van der Waals surface area contributed by atoms with Crippen molar-refractivity contribution in [3.05, 3.63) is 35.6 Å². The summed E-state index contributed by atoms with van der Waals surface area (Å²) < 4.78 is 13.7. The van der Waals surface area contributed by atoms with Gasteiger partial charge in [-0.3, -0.25) is 14.5 Å². The van der Waals surface area contributed by atoms with E-state index in [1.165, 1.54) is 12.1 Å². The second-order valence-electron chi connectivity index (χ2n) is 7.45. The van der Waals surface area contributed by atoms with Gasteiger partial charge in [-0.15, -0.1) is 0 Å². The van der Waals surface area contributed by atoms with Crippen LogP contribution >= 0.6 is 0 Å². The third-order valence-electron chi connectivity index (χ3n) is 5.04. The van der Waals surface area contributed by atoms with Crippen molar-refractivity contribution in [2.24, 2.45) is 0 Å². The maximum atomic E-state index is 13.7. The number of urea groups is 1. The molecule has 0 aliphatic carbocycles. The number of nitrogens with one attached hydrogen (secondary N) is 1. The number of halogens is 1. The lowest BCUT2D eigenvalue weighted by Gasteiger charge is -2.31. The van der Waals surface area contributed by atoms with Gasteiger partial charge >= 0.3 is 6.03 Å². The first kappa shape index (κ1) is 18.4. The van der Waals surface area contributed by atoms with Gasteiger partial charge in [-0.05, 0) is 44.4 Å². The number of rotatable bonds is 3. The molecule has 26 heavy (non-hydrogen) atoms. The molecular weight excluding hydrogens is 337 g/mol. The van der Waals surface area contributed by atoms with Crippen LogP contribution in [0.3, 0.4) is 0 Å². The Kier molecular flexibility index (Phi) is 4.98. The summed E-state index contributed by atoms with van der Waals surface area (Å²) in [5, 5.41) is 2.58. The average Bonchev–Trinajstić information content (AvgIpc) is 2.78. The maximum Gasteiger partial charge on any atom is 0.325 e. The Bertz CT molecular complexity index is 734. The van der Waals surface area contributed by atoms with Crippen LogP contribution in [0.5, 0.6) is 0 Å². The summed E-state index contributed by atoms with van der Waals surface area (Å²) in [4.78, 5) is 40.0. The minimum absolute atomic E-state index is 0.241.